The molecule has 0 aromatic heterocycles. The second-order valence-corrected chi connectivity index (χ2v) is 9.18. The molecule has 1 aliphatic heterocycles. The monoisotopic (exact) mass is 504 g/mol. The van der Waals surface area contributed by atoms with Gasteiger partial charge in [-0.1, -0.05) is 19.4 Å². The molecule has 2 aromatic rings. The summed E-state index contributed by atoms with van der Waals surface area (Å²) in [7, 11) is 1.48. The molecule has 0 saturated heterocycles. The van der Waals surface area contributed by atoms with Crippen LogP contribution >= 0.6 is 0 Å². The molecule has 2 aromatic carbocycles. The molecule has 0 aliphatic carbocycles. The molecule has 0 fully saturated rings. The highest BCUT2D eigenvalue weighted by Gasteiger charge is 2.47. The number of aliphatic hydroxyl groups is 1. The van der Waals surface area contributed by atoms with Crippen LogP contribution in [0.3, 0.4) is 0 Å². The number of rotatable bonds is 9. The van der Waals surface area contributed by atoms with Crippen molar-refractivity contribution in [3.05, 3.63) is 58.9 Å². The molecule has 1 atom stereocenters. The highest BCUT2D eigenvalue weighted by Crippen LogP contribution is 2.36. The van der Waals surface area contributed by atoms with Gasteiger partial charge in [-0.2, -0.15) is 0 Å². The van der Waals surface area contributed by atoms with Crippen molar-refractivity contribution in [2.75, 3.05) is 7.11 Å². The van der Waals surface area contributed by atoms with Crippen molar-refractivity contribution in [2.24, 2.45) is 5.73 Å². The first-order chi connectivity index (χ1) is 16.9. The quantitative estimate of drug-likeness (QED) is 0.502. The molecule has 0 radical (unpaired) electrons. The Labute approximate surface area is 209 Å². The highest BCUT2D eigenvalue weighted by molar-refractivity contribution is 6.02. The zero-order valence-electron chi connectivity index (χ0n) is 21.2. The molecule has 1 aliphatic rings. The molecule has 3 rings (SSSR count). The van der Waals surface area contributed by atoms with Crippen molar-refractivity contribution in [2.45, 2.75) is 65.0 Å². The Bertz CT molecular complexity index is 1100. The summed E-state index contributed by atoms with van der Waals surface area (Å²) in [5, 5.41) is 10.7. The maximum atomic E-state index is 14.1. The number of nitrogens with two attached hydrogens (primary N) is 1. The van der Waals surface area contributed by atoms with Gasteiger partial charge >= 0.3 is 0 Å². The van der Waals surface area contributed by atoms with Crippen LogP contribution in [0, 0.1) is 5.82 Å². The van der Waals surface area contributed by atoms with Crippen LogP contribution in [0.4, 0.5) is 4.39 Å². The molecule has 2 amide bonds. The van der Waals surface area contributed by atoms with Gasteiger partial charge in [-0.05, 0) is 51.1 Å². The molecule has 0 bridgehead atoms. The Hall–Kier alpha value is -3.66. The molecule has 0 unspecified atom stereocenters. The zero-order valence-corrected chi connectivity index (χ0v) is 21.2. The van der Waals surface area contributed by atoms with E-state index in [1.807, 2.05) is 20.8 Å². The second kappa shape index (κ2) is 11.9. The Morgan fingerprint density at radius 3 is 2.47 bits per heavy atom. The van der Waals surface area contributed by atoms with Crippen LogP contribution in [-0.2, 0) is 27.5 Å². The molecular weight excluding hydrogens is 471 g/mol. The fourth-order valence-electron chi connectivity index (χ4n) is 3.57. The molecule has 196 valence electrons. The number of benzene rings is 2. The minimum atomic E-state index is -2.08. The topological polar surface area (TPSA) is 128 Å². The third kappa shape index (κ3) is 6.72. The lowest BCUT2D eigenvalue weighted by Gasteiger charge is -2.34. The number of hydrogen-bond donors (Lipinski definition) is 2. The number of amides is 2. The number of halogens is 1. The standard InChI is InChI=1S/C21H23FN2O5.C5H10O2/c1-3-9-21(27,20(23)26)24-11-16-15(19(24)25)5-4-6-18(16)29-12-13-10-14(28-2)7-8-17(13)22;1-5(2,3)7-4-6/h4-8,10,27H,3,9,11-12H2,1-2H3,(H2,23,26);4H,1-3H3/t21-;/m0./s1. The Morgan fingerprint density at radius 1 is 1.25 bits per heavy atom. The van der Waals surface area contributed by atoms with Crippen LogP contribution < -0.4 is 15.2 Å². The predicted molar refractivity (Wildman–Crippen MR) is 130 cm³/mol. The van der Waals surface area contributed by atoms with Gasteiger partial charge in [-0.15, -0.1) is 0 Å². The summed E-state index contributed by atoms with van der Waals surface area (Å²) in [6.07, 6.45) is 0.477. The Morgan fingerprint density at radius 2 is 1.94 bits per heavy atom. The van der Waals surface area contributed by atoms with Crippen LogP contribution in [0.1, 0.15) is 62.0 Å². The molecule has 3 N–H and O–H groups in total. The molecular formula is C26H33FN2O7. The lowest BCUT2D eigenvalue weighted by molar-refractivity contribution is -0.156. The van der Waals surface area contributed by atoms with Crippen molar-refractivity contribution in [3.8, 4) is 11.5 Å². The maximum Gasteiger partial charge on any atom is 0.293 e. The summed E-state index contributed by atoms with van der Waals surface area (Å²) < 4.78 is 29.5. The van der Waals surface area contributed by atoms with Crippen molar-refractivity contribution < 1.29 is 38.1 Å². The van der Waals surface area contributed by atoms with Gasteiger partial charge in [0, 0.05) is 23.1 Å². The summed E-state index contributed by atoms with van der Waals surface area (Å²) in [5.41, 5.74) is 4.10. The van der Waals surface area contributed by atoms with Crippen molar-refractivity contribution in [1.82, 2.24) is 4.90 Å². The van der Waals surface area contributed by atoms with Crippen molar-refractivity contribution in [1.29, 1.82) is 0 Å². The first-order valence-electron chi connectivity index (χ1n) is 11.4. The van der Waals surface area contributed by atoms with E-state index in [1.54, 1.807) is 25.1 Å². The van der Waals surface area contributed by atoms with Gasteiger partial charge in [0.15, 0.2) is 0 Å². The number of carbonyl (C=O) groups excluding carboxylic acids is 3. The average molecular weight is 505 g/mol. The molecule has 10 heteroatoms. The number of methoxy groups -OCH3 is 1. The molecule has 9 nitrogen and oxygen atoms in total. The summed E-state index contributed by atoms with van der Waals surface area (Å²) in [5.74, 6) is -1.07. The van der Waals surface area contributed by atoms with Crippen LogP contribution in [0.2, 0.25) is 0 Å². The highest BCUT2D eigenvalue weighted by atomic mass is 19.1. The number of primary amides is 1. The number of fused-ring (bicyclic) bond motifs is 1. The zero-order chi connectivity index (χ0) is 27.1. The van der Waals surface area contributed by atoms with Crippen molar-refractivity contribution in [3.63, 3.8) is 0 Å². The minimum Gasteiger partial charge on any atom is -0.497 e. The Kier molecular flexibility index (Phi) is 9.41. The van der Waals surface area contributed by atoms with Crippen LogP contribution in [-0.4, -0.2) is 46.7 Å². The smallest absolute Gasteiger partial charge is 0.293 e. The molecule has 0 spiro atoms. The SMILES string of the molecule is CC(C)(C)OC=O.CCC[C@](O)(C(N)=O)N1Cc2c(OCc3cc(OC)ccc3F)cccc2C1=O. The fraction of sp³-hybridized carbons (Fsp3) is 0.423. The number of ether oxygens (including phenoxy) is 3. The van der Waals surface area contributed by atoms with E-state index in [9.17, 15) is 23.9 Å². The second-order valence-electron chi connectivity index (χ2n) is 9.18. The molecule has 0 saturated carbocycles. The molecule has 1 heterocycles. The van der Waals surface area contributed by atoms with Crippen LogP contribution in [0.15, 0.2) is 36.4 Å². The van der Waals surface area contributed by atoms with E-state index < -0.39 is 23.4 Å². The van der Waals surface area contributed by atoms with E-state index in [4.69, 9.17) is 15.2 Å². The average Bonchev–Trinajstić information content (AvgIpc) is 3.16. The number of nitrogens with zero attached hydrogens (tertiary/aromatic N) is 1. The maximum absolute atomic E-state index is 14.1. The van der Waals surface area contributed by atoms with E-state index in [0.29, 0.717) is 41.1 Å². The van der Waals surface area contributed by atoms with Gasteiger partial charge in [-0.3, -0.25) is 19.3 Å². The van der Waals surface area contributed by atoms with Gasteiger partial charge in [0.05, 0.1) is 13.7 Å². The largest absolute Gasteiger partial charge is 0.497 e. The van der Waals surface area contributed by atoms with Crippen LogP contribution in [0.25, 0.3) is 0 Å². The summed E-state index contributed by atoms with van der Waals surface area (Å²) in [6, 6.07) is 9.19. The van der Waals surface area contributed by atoms with Crippen molar-refractivity contribution >= 4 is 18.3 Å². The minimum absolute atomic E-state index is 0.0211. The third-order valence-corrected chi connectivity index (χ3v) is 5.40. The number of carbonyl (C=O) groups is 3. The van der Waals surface area contributed by atoms with Crippen LogP contribution in [0.5, 0.6) is 11.5 Å². The lowest BCUT2D eigenvalue weighted by Crippen LogP contribution is -2.57. The molecule has 36 heavy (non-hydrogen) atoms. The first-order valence-corrected chi connectivity index (χ1v) is 11.4. The lowest BCUT2D eigenvalue weighted by atomic mass is 10.1. The van der Waals surface area contributed by atoms with Gasteiger partial charge in [0.25, 0.3) is 18.3 Å². The Balaban J connectivity index is 0.000000572. The van der Waals surface area contributed by atoms with E-state index in [0.717, 1.165) is 4.90 Å². The third-order valence-electron chi connectivity index (χ3n) is 5.40. The van der Waals surface area contributed by atoms with E-state index >= 15 is 0 Å². The van der Waals surface area contributed by atoms with Gasteiger partial charge in [-0.25, -0.2) is 4.39 Å². The normalized spacial score (nSPS) is 14.2. The predicted octanol–water partition coefficient (Wildman–Crippen LogP) is 3.30. The summed E-state index contributed by atoms with van der Waals surface area (Å²) in [6.45, 7) is 7.58. The van der Waals surface area contributed by atoms with Gasteiger partial charge < -0.3 is 25.1 Å². The summed E-state index contributed by atoms with van der Waals surface area (Å²) in [4.78, 5) is 35.4. The summed E-state index contributed by atoms with van der Waals surface area (Å²) >= 11 is 0. The first kappa shape index (κ1) is 28.6. The fourth-order valence-corrected chi connectivity index (χ4v) is 3.57. The van der Waals surface area contributed by atoms with Gasteiger partial charge in [0.1, 0.15) is 29.5 Å². The number of hydrogen-bond acceptors (Lipinski definition) is 7. The van der Waals surface area contributed by atoms with Gasteiger partial charge in [0.2, 0.25) is 5.72 Å². The van der Waals surface area contributed by atoms with E-state index in [2.05, 4.69) is 4.74 Å². The van der Waals surface area contributed by atoms with E-state index in [-0.39, 0.29) is 25.2 Å². The van der Waals surface area contributed by atoms with E-state index in [1.165, 1.54) is 25.3 Å².